The number of carbonyl (C=O) groups is 1. The molecule has 2 N–H and O–H groups in total. The van der Waals surface area contributed by atoms with Gasteiger partial charge in [0.15, 0.2) is 5.69 Å². The first kappa shape index (κ1) is 28.1. The number of sulfonamides is 1. The van der Waals surface area contributed by atoms with Gasteiger partial charge < -0.3 is 10.1 Å². The number of benzene rings is 2. The predicted molar refractivity (Wildman–Crippen MR) is 139 cm³/mol. The van der Waals surface area contributed by atoms with Gasteiger partial charge in [-0.05, 0) is 71.9 Å². The number of nitro groups is 1. The van der Waals surface area contributed by atoms with Gasteiger partial charge in [-0.1, -0.05) is 11.6 Å². The molecule has 0 spiro atoms. The average molecular weight is 550 g/mol. The minimum absolute atomic E-state index is 0.0530. The summed E-state index contributed by atoms with van der Waals surface area (Å²) in [6, 6.07) is 9.65. The number of aromatic nitrogens is 2. The number of nitro benzene ring substituents is 1. The first-order valence-corrected chi connectivity index (χ1v) is 13.1. The summed E-state index contributed by atoms with van der Waals surface area (Å²) in [5, 5.41) is 19.1. The van der Waals surface area contributed by atoms with Gasteiger partial charge in [0.1, 0.15) is 10.6 Å². The summed E-state index contributed by atoms with van der Waals surface area (Å²) in [6.45, 7) is 10.1. The van der Waals surface area contributed by atoms with Crippen molar-refractivity contribution in [2.45, 2.75) is 58.0 Å². The molecular formula is C24H28ClN5O6S. The maximum atomic E-state index is 13.2. The van der Waals surface area contributed by atoms with Crippen LogP contribution in [0.2, 0.25) is 5.02 Å². The smallest absolute Gasteiger partial charge is 0.272 e. The van der Waals surface area contributed by atoms with Gasteiger partial charge >= 0.3 is 0 Å². The van der Waals surface area contributed by atoms with Gasteiger partial charge in [-0.3, -0.25) is 14.9 Å². The highest BCUT2D eigenvalue weighted by molar-refractivity contribution is 7.89. The van der Waals surface area contributed by atoms with Crippen molar-refractivity contribution in [3.05, 3.63) is 68.9 Å². The molecule has 0 saturated carbocycles. The fraction of sp³-hybridized carbons (Fsp3) is 0.333. The highest BCUT2D eigenvalue weighted by Crippen LogP contribution is 2.36. The SMILES string of the molecule is Cc1c(C(=O)NC(C)C)nn(-c2ccc(Cl)cc2)c1Oc1ccc([N+](=O)[O-])cc1S(=O)(=O)NC(C)(C)C. The molecule has 0 aliphatic rings. The second-order valence-corrected chi connectivity index (χ2v) is 11.7. The lowest BCUT2D eigenvalue weighted by molar-refractivity contribution is -0.385. The van der Waals surface area contributed by atoms with E-state index in [9.17, 15) is 23.3 Å². The Morgan fingerprint density at radius 2 is 1.78 bits per heavy atom. The Bertz CT molecular complexity index is 1440. The van der Waals surface area contributed by atoms with E-state index < -0.39 is 37.0 Å². The lowest BCUT2D eigenvalue weighted by atomic mass is 10.1. The normalized spacial score (nSPS) is 12.0. The van der Waals surface area contributed by atoms with Crippen LogP contribution in [0.3, 0.4) is 0 Å². The van der Waals surface area contributed by atoms with E-state index in [0.717, 1.165) is 12.1 Å². The molecule has 0 aliphatic carbocycles. The van der Waals surface area contributed by atoms with Crippen LogP contribution in [-0.2, 0) is 10.0 Å². The number of nitrogens with one attached hydrogen (secondary N) is 2. The Labute approximate surface area is 220 Å². The second-order valence-electron chi connectivity index (χ2n) is 9.64. The predicted octanol–water partition coefficient (Wildman–Crippen LogP) is 4.75. The van der Waals surface area contributed by atoms with E-state index in [4.69, 9.17) is 16.3 Å². The third-order valence-electron chi connectivity index (χ3n) is 4.85. The summed E-state index contributed by atoms with van der Waals surface area (Å²) < 4.78 is 36.4. The summed E-state index contributed by atoms with van der Waals surface area (Å²) in [5.74, 6) is -0.579. The summed E-state index contributed by atoms with van der Waals surface area (Å²) >= 11 is 6.02. The number of non-ortho nitro benzene ring substituents is 1. The molecular weight excluding hydrogens is 522 g/mol. The molecule has 2 aromatic carbocycles. The van der Waals surface area contributed by atoms with E-state index in [1.165, 1.54) is 10.7 Å². The van der Waals surface area contributed by atoms with Gasteiger partial charge in [-0.2, -0.15) is 9.78 Å². The third kappa shape index (κ3) is 6.64. The Balaban J connectivity index is 2.22. The van der Waals surface area contributed by atoms with Crippen molar-refractivity contribution in [2.24, 2.45) is 0 Å². The number of nitrogens with zero attached hydrogens (tertiary/aromatic N) is 3. The molecule has 13 heteroatoms. The van der Waals surface area contributed by atoms with Crippen LogP contribution >= 0.6 is 11.6 Å². The Hall–Kier alpha value is -3.48. The highest BCUT2D eigenvalue weighted by Gasteiger charge is 2.30. The monoisotopic (exact) mass is 549 g/mol. The van der Waals surface area contributed by atoms with Gasteiger partial charge in [0.05, 0.1) is 10.6 Å². The highest BCUT2D eigenvalue weighted by atomic mass is 35.5. The first-order chi connectivity index (χ1) is 17.1. The number of hydrogen-bond donors (Lipinski definition) is 2. The molecule has 0 atom stereocenters. The quantitative estimate of drug-likeness (QED) is 0.304. The summed E-state index contributed by atoms with van der Waals surface area (Å²) in [5.41, 5.74) is -0.410. The van der Waals surface area contributed by atoms with E-state index in [0.29, 0.717) is 16.3 Å². The molecule has 37 heavy (non-hydrogen) atoms. The van der Waals surface area contributed by atoms with Crippen LogP contribution in [0.25, 0.3) is 5.69 Å². The molecule has 0 radical (unpaired) electrons. The number of halogens is 1. The zero-order valence-corrected chi connectivity index (χ0v) is 22.8. The zero-order chi connectivity index (χ0) is 27.7. The summed E-state index contributed by atoms with van der Waals surface area (Å²) in [4.78, 5) is 23.1. The lowest BCUT2D eigenvalue weighted by Crippen LogP contribution is -2.40. The van der Waals surface area contributed by atoms with Crippen molar-refractivity contribution < 1.29 is 22.9 Å². The molecule has 0 fully saturated rings. The Kier molecular flexibility index (Phi) is 7.96. The Morgan fingerprint density at radius 3 is 2.32 bits per heavy atom. The molecule has 0 bridgehead atoms. The molecule has 1 aromatic heterocycles. The molecule has 3 aromatic rings. The summed E-state index contributed by atoms with van der Waals surface area (Å²) in [7, 11) is -4.25. The molecule has 3 rings (SSSR count). The van der Waals surface area contributed by atoms with Crippen molar-refractivity contribution in [3.8, 4) is 17.3 Å². The van der Waals surface area contributed by atoms with E-state index in [1.54, 1.807) is 65.8 Å². The van der Waals surface area contributed by atoms with Crippen molar-refractivity contribution in [1.82, 2.24) is 19.8 Å². The third-order valence-corrected chi connectivity index (χ3v) is 6.88. The maximum absolute atomic E-state index is 13.2. The zero-order valence-electron chi connectivity index (χ0n) is 21.2. The number of rotatable bonds is 8. The fourth-order valence-electron chi connectivity index (χ4n) is 3.37. The van der Waals surface area contributed by atoms with Gasteiger partial charge in [0.25, 0.3) is 11.6 Å². The van der Waals surface area contributed by atoms with E-state index in [-0.39, 0.29) is 23.4 Å². The van der Waals surface area contributed by atoms with Crippen molar-refractivity contribution in [2.75, 3.05) is 0 Å². The molecule has 11 nitrogen and oxygen atoms in total. The maximum Gasteiger partial charge on any atom is 0.272 e. The molecule has 1 heterocycles. The first-order valence-electron chi connectivity index (χ1n) is 11.3. The van der Waals surface area contributed by atoms with Crippen molar-refractivity contribution in [3.63, 3.8) is 0 Å². The second kappa shape index (κ2) is 10.5. The van der Waals surface area contributed by atoms with Crippen LogP contribution in [0.1, 0.15) is 50.7 Å². The van der Waals surface area contributed by atoms with Gasteiger partial charge in [-0.25, -0.2) is 13.1 Å². The van der Waals surface area contributed by atoms with Crippen LogP contribution in [0.4, 0.5) is 5.69 Å². The molecule has 0 saturated heterocycles. The van der Waals surface area contributed by atoms with Crippen LogP contribution in [0, 0.1) is 17.0 Å². The van der Waals surface area contributed by atoms with Crippen LogP contribution in [0.5, 0.6) is 11.6 Å². The van der Waals surface area contributed by atoms with Gasteiger partial charge in [-0.15, -0.1) is 0 Å². The minimum Gasteiger partial charge on any atom is -0.437 e. The largest absolute Gasteiger partial charge is 0.437 e. The van der Waals surface area contributed by atoms with Gasteiger partial charge in [0, 0.05) is 34.3 Å². The minimum atomic E-state index is -4.25. The fourth-order valence-corrected chi connectivity index (χ4v) is 5.06. The molecule has 0 unspecified atom stereocenters. The van der Waals surface area contributed by atoms with E-state index >= 15 is 0 Å². The number of ether oxygens (including phenoxy) is 1. The van der Waals surface area contributed by atoms with E-state index in [1.807, 2.05) is 0 Å². The van der Waals surface area contributed by atoms with Crippen molar-refractivity contribution in [1.29, 1.82) is 0 Å². The van der Waals surface area contributed by atoms with Crippen molar-refractivity contribution >= 4 is 33.2 Å². The van der Waals surface area contributed by atoms with Crippen LogP contribution < -0.4 is 14.8 Å². The molecule has 0 aliphatic heterocycles. The number of amides is 1. The number of carbonyl (C=O) groups excluding carboxylic acids is 1. The summed E-state index contributed by atoms with van der Waals surface area (Å²) in [6.07, 6.45) is 0. The Morgan fingerprint density at radius 1 is 1.16 bits per heavy atom. The standard InChI is InChI=1S/C24H28ClN5O6S/c1-14(2)26-22(31)21-15(3)23(29(27-21)17-9-7-16(25)8-10-17)36-19-12-11-18(30(32)33)13-20(19)37(34,35)28-24(4,5)6/h7-14,28H,1-6H3,(H,26,31). The average Bonchev–Trinajstić information content (AvgIpc) is 3.08. The molecule has 198 valence electrons. The van der Waals surface area contributed by atoms with Crippen LogP contribution in [0.15, 0.2) is 47.4 Å². The van der Waals surface area contributed by atoms with Gasteiger partial charge in [0.2, 0.25) is 15.9 Å². The lowest BCUT2D eigenvalue weighted by Gasteiger charge is -2.21. The topological polar surface area (TPSA) is 145 Å². The number of hydrogen-bond acceptors (Lipinski definition) is 7. The van der Waals surface area contributed by atoms with Crippen LogP contribution in [-0.4, -0.2) is 40.6 Å². The molecule has 1 amide bonds. The van der Waals surface area contributed by atoms with E-state index in [2.05, 4.69) is 15.1 Å².